The van der Waals surface area contributed by atoms with Crippen molar-refractivity contribution in [2.45, 2.75) is 17.4 Å². The van der Waals surface area contributed by atoms with Crippen LogP contribution in [0.3, 0.4) is 0 Å². The molecular formula is C20H23Cl2FN2O4S. The monoisotopic (exact) mass is 476 g/mol. The molecule has 0 spiro atoms. The Bertz CT molecular complexity index is 960. The Morgan fingerprint density at radius 2 is 1.80 bits per heavy atom. The Balaban J connectivity index is 1.52. The van der Waals surface area contributed by atoms with E-state index < -0.39 is 21.9 Å². The van der Waals surface area contributed by atoms with Crippen molar-refractivity contribution in [2.24, 2.45) is 0 Å². The second kappa shape index (κ2) is 10.3. The van der Waals surface area contributed by atoms with Gasteiger partial charge in [0, 0.05) is 31.2 Å². The summed E-state index contributed by atoms with van der Waals surface area (Å²) in [6.07, 6.45) is -0.145. The highest BCUT2D eigenvalue weighted by Gasteiger charge is 2.27. The van der Waals surface area contributed by atoms with E-state index in [0.717, 1.165) is 12.1 Å². The third-order valence-electron chi connectivity index (χ3n) is 4.79. The number of hydrogen-bond donors (Lipinski definition) is 1. The Morgan fingerprint density at radius 3 is 2.50 bits per heavy atom. The van der Waals surface area contributed by atoms with Crippen LogP contribution >= 0.6 is 23.2 Å². The van der Waals surface area contributed by atoms with Crippen LogP contribution in [-0.2, 0) is 10.0 Å². The number of rotatable bonds is 7. The van der Waals surface area contributed by atoms with Gasteiger partial charge in [-0.15, -0.1) is 0 Å². The second-order valence-corrected chi connectivity index (χ2v) is 9.83. The van der Waals surface area contributed by atoms with Gasteiger partial charge in [0.2, 0.25) is 10.0 Å². The molecule has 3 rings (SSSR count). The van der Waals surface area contributed by atoms with Crippen molar-refractivity contribution in [1.82, 2.24) is 9.21 Å². The molecule has 6 nitrogen and oxygen atoms in total. The van der Waals surface area contributed by atoms with Gasteiger partial charge in [0.1, 0.15) is 24.3 Å². The summed E-state index contributed by atoms with van der Waals surface area (Å²) >= 11 is 11.9. The van der Waals surface area contributed by atoms with Crippen molar-refractivity contribution in [2.75, 3.05) is 39.3 Å². The smallest absolute Gasteiger partial charge is 0.243 e. The van der Waals surface area contributed by atoms with Crippen LogP contribution in [0.5, 0.6) is 5.75 Å². The van der Waals surface area contributed by atoms with E-state index in [1.165, 1.54) is 16.4 Å². The molecule has 164 valence electrons. The second-order valence-electron chi connectivity index (χ2n) is 7.05. The van der Waals surface area contributed by atoms with E-state index in [1.54, 1.807) is 18.2 Å². The number of aliphatic hydroxyl groups excluding tert-OH is 1. The molecule has 2 aromatic rings. The van der Waals surface area contributed by atoms with Crippen molar-refractivity contribution in [3.63, 3.8) is 0 Å². The minimum absolute atomic E-state index is 0.0510. The molecule has 1 unspecified atom stereocenters. The Kier molecular flexibility index (Phi) is 7.95. The fourth-order valence-electron chi connectivity index (χ4n) is 3.25. The van der Waals surface area contributed by atoms with Gasteiger partial charge in [-0.3, -0.25) is 4.90 Å². The molecule has 0 aliphatic carbocycles. The fourth-order valence-corrected chi connectivity index (χ4v) is 5.19. The Morgan fingerprint density at radius 1 is 1.07 bits per heavy atom. The van der Waals surface area contributed by atoms with Crippen LogP contribution in [0.4, 0.5) is 4.39 Å². The first-order chi connectivity index (χ1) is 14.3. The lowest BCUT2D eigenvalue weighted by Crippen LogP contribution is -2.39. The van der Waals surface area contributed by atoms with Crippen molar-refractivity contribution in [3.05, 3.63) is 58.3 Å². The average molecular weight is 477 g/mol. The number of sulfonamides is 1. The van der Waals surface area contributed by atoms with Crippen LogP contribution in [0.15, 0.2) is 47.4 Å². The summed E-state index contributed by atoms with van der Waals surface area (Å²) in [5.74, 6) is -0.0420. The SMILES string of the molecule is O=S(=O)(c1ccc(F)cc1)N1CCCN(CC(O)COc2ccc(Cl)cc2Cl)CC1. The first kappa shape index (κ1) is 23.2. The summed E-state index contributed by atoms with van der Waals surface area (Å²) in [6.45, 7) is 2.16. The molecule has 2 aromatic carbocycles. The zero-order chi connectivity index (χ0) is 21.7. The highest BCUT2D eigenvalue weighted by molar-refractivity contribution is 7.89. The zero-order valence-corrected chi connectivity index (χ0v) is 18.5. The quantitative estimate of drug-likeness (QED) is 0.663. The lowest BCUT2D eigenvalue weighted by Gasteiger charge is -2.24. The predicted molar refractivity (Wildman–Crippen MR) is 114 cm³/mol. The largest absolute Gasteiger partial charge is 0.489 e. The predicted octanol–water partition coefficient (Wildman–Crippen LogP) is 3.27. The molecule has 0 bridgehead atoms. The number of benzene rings is 2. The van der Waals surface area contributed by atoms with Gasteiger partial charge in [-0.05, 0) is 55.4 Å². The number of aliphatic hydroxyl groups is 1. The normalized spacial score (nSPS) is 17.5. The first-order valence-electron chi connectivity index (χ1n) is 9.50. The van der Waals surface area contributed by atoms with Gasteiger partial charge in [0.25, 0.3) is 0 Å². The first-order valence-corrected chi connectivity index (χ1v) is 11.7. The van der Waals surface area contributed by atoms with E-state index in [-0.39, 0.29) is 18.0 Å². The number of ether oxygens (including phenoxy) is 1. The van der Waals surface area contributed by atoms with Gasteiger partial charge in [0.15, 0.2) is 0 Å². The van der Waals surface area contributed by atoms with E-state index in [4.69, 9.17) is 27.9 Å². The summed E-state index contributed by atoms with van der Waals surface area (Å²) in [5.41, 5.74) is 0. The molecule has 1 aliphatic heterocycles. The fraction of sp³-hybridized carbons (Fsp3) is 0.400. The minimum Gasteiger partial charge on any atom is -0.489 e. The molecule has 1 saturated heterocycles. The lowest BCUT2D eigenvalue weighted by molar-refractivity contribution is 0.0700. The van der Waals surface area contributed by atoms with Crippen molar-refractivity contribution in [3.8, 4) is 5.75 Å². The summed E-state index contributed by atoms with van der Waals surface area (Å²) in [5, 5.41) is 11.2. The highest BCUT2D eigenvalue weighted by Crippen LogP contribution is 2.27. The van der Waals surface area contributed by atoms with Crippen molar-refractivity contribution >= 4 is 33.2 Å². The number of hydrogen-bond acceptors (Lipinski definition) is 5. The average Bonchev–Trinajstić information content (AvgIpc) is 2.94. The van der Waals surface area contributed by atoms with Crippen LogP contribution in [0, 0.1) is 5.82 Å². The van der Waals surface area contributed by atoms with E-state index in [2.05, 4.69) is 0 Å². The molecular weight excluding hydrogens is 454 g/mol. The van der Waals surface area contributed by atoms with Gasteiger partial charge in [-0.25, -0.2) is 12.8 Å². The summed E-state index contributed by atoms with van der Waals surface area (Å²) in [6, 6.07) is 9.69. The summed E-state index contributed by atoms with van der Waals surface area (Å²) in [7, 11) is -3.68. The molecule has 1 aliphatic rings. The third kappa shape index (κ3) is 6.06. The maximum atomic E-state index is 13.1. The molecule has 30 heavy (non-hydrogen) atoms. The molecule has 1 heterocycles. The minimum atomic E-state index is -3.68. The van der Waals surface area contributed by atoms with E-state index in [1.807, 2.05) is 4.90 Å². The van der Waals surface area contributed by atoms with Gasteiger partial charge >= 0.3 is 0 Å². The van der Waals surface area contributed by atoms with Crippen LogP contribution in [0.1, 0.15) is 6.42 Å². The van der Waals surface area contributed by atoms with Crippen LogP contribution < -0.4 is 4.74 Å². The maximum absolute atomic E-state index is 13.1. The van der Waals surface area contributed by atoms with Crippen molar-refractivity contribution < 1.29 is 22.7 Å². The van der Waals surface area contributed by atoms with E-state index >= 15 is 0 Å². The molecule has 0 saturated carbocycles. The van der Waals surface area contributed by atoms with Gasteiger partial charge < -0.3 is 9.84 Å². The molecule has 10 heteroatoms. The topological polar surface area (TPSA) is 70.1 Å². The third-order valence-corrected chi connectivity index (χ3v) is 7.24. The van der Waals surface area contributed by atoms with Crippen molar-refractivity contribution in [1.29, 1.82) is 0 Å². The number of halogens is 3. The Hall–Kier alpha value is -1.42. The molecule has 0 aromatic heterocycles. The molecule has 1 atom stereocenters. The standard InChI is InChI=1S/C20H23Cl2FN2O4S/c21-15-2-7-20(19(22)12-15)29-14-17(26)13-24-8-1-9-25(11-10-24)30(27,28)18-5-3-16(23)4-6-18/h2-7,12,17,26H,1,8-11,13-14H2. The maximum Gasteiger partial charge on any atom is 0.243 e. The van der Waals surface area contributed by atoms with E-state index in [9.17, 15) is 17.9 Å². The van der Waals surface area contributed by atoms with E-state index in [0.29, 0.717) is 48.4 Å². The van der Waals surface area contributed by atoms with Crippen LogP contribution in [0.25, 0.3) is 0 Å². The number of β-amino-alcohol motifs (C(OH)–C–C–N with tert-alkyl or cyclic N) is 1. The highest BCUT2D eigenvalue weighted by atomic mass is 35.5. The lowest BCUT2D eigenvalue weighted by atomic mass is 10.3. The van der Waals surface area contributed by atoms with Gasteiger partial charge in [-0.2, -0.15) is 4.31 Å². The number of nitrogens with zero attached hydrogens (tertiary/aromatic N) is 2. The van der Waals surface area contributed by atoms with Gasteiger partial charge in [-0.1, -0.05) is 23.2 Å². The molecule has 1 N–H and O–H groups in total. The zero-order valence-electron chi connectivity index (χ0n) is 16.2. The molecule has 0 radical (unpaired) electrons. The Labute approximate surface area is 185 Å². The van der Waals surface area contributed by atoms with Crippen LogP contribution in [0.2, 0.25) is 10.0 Å². The summed E-state index contributed by atoms with van der Waals surface area (Å²) < 4.78 is 45.6. The van der Waals surface area contributed by atoms with Crippen LogP contribution in [-0.4, -0.2) is 68.2 Å². The molecule has 0 amide bonds. The van der Waals surface area contributed by atoms with Gasteiger partial charge in [0.05, 0.1) is 9.92 Å². The molecule has 1 fully saturated rings. The summed E-state index contributed by atoms with van der Waals surface area (Å²) in [4.78, 5) is 2.07.